The zero-order chi connectivity index (χ0) is 17.9. The van der Waals surface area contributed by atoms with Crippen molar-refractivity contribution in [2.45, 2.75) is 25.9 Å². The molecule has 0 aliphatic rings. The first-order chi connectivity index (χ1) is 12.2. The lowest BCUT2D eigenvalue weighted by Gasteiger charge is -2.13. The zero-order valence-electron chi connectivity index (χ0n) is 14.6. The first-order valence-corrected chi connectivity index (χ1v) is 8.69. The fourth-order valence-electron chi connectivity index (χ4n) is 2.47. The molecule has 0 heterocycles. The average Bonchev–Trinajstić information content (AvgIpc) is 2.63. The third-order valence-electron chi connectivity index (χ3n) is 3.77. The number of hydrogen-bond donors (Lipinski definition) is 2. The lowest BCUT2D eigenvalue weighted by Crippen LogP contribution is -2.22. The molecular formula is C20H26FNO3. The van der Waals surface area contributed by atoms with Crippen LogP contribution < -0.4 is 14.8 Å². The molecule has 2 rings (SSSR count). The molecule has 0 bridgehead atoms. The summed E-state index contributed by atoms with van der Waals surface area (Å²) in [5, 5.41) is 13.3. The van der Waals surface area contributed by atoms with E-state index in [-0.39, 0.29) is 5.82 Å². The van der Waals surface area contributed by atoms with E-state index in [2.05, 4.69) is 5.32 Å². The molecule has 5 heteroatoms. The van der Waals surface area contributed by atoms with Crippen molar-refractivity contribution in [3.63, 3.8) is 0 Å². The Morgan fingerprint density at radius 2 is 1.68 bits per heavy atom. The smallest absolute Gasteiger partial charge is 0.161 e. The van der Waals surface area contributed by atoms with E-state index < -0.39 is 6.10 Å². The second-order valence-electron chi connectivity index (χ2n) is 5.69. The van der Waals surface area contributed by atoms with Crippen molar-refractivity contribution in [1.29, 1.82) is 0 Å². The zero-order valence-corrected chi connectivity index (χ0v) is 14.6. The van der Waals surface area contributed by atoms with Crippen LogP contribution in [0.3, 0.4) is 0 Å². The molecule has 1 atom stereocenters. The lowest BCUT2D eigenvalue weighted by molar-refractivity contribution is 0.164. The van der Waals surface area contributed by atoms with Gasteiger partial charge in [-0.15, -0.1) is 0 Å². The molecule has 136 valence electrons. The molecular weight excluding hydrogens is 321 g/mol. The highest BCUT2D eigenvalue weighted by atomic mass is 19.1. The molecule has 0 aliphatic carbocycles. The molecule has 0 spiro atoms. The number of rotatable bonds is 11. The molecule has 0 fully saturated rings. The Balaban J connectivity index is 1.58. The van der Waals surface area contributed by atoms with Crippen LogP contribution in [-0.2, 0) is 0 Å². The first-order valence-electron chi connectivity index (χ1n) is 8.69. The maximum Gasteiger partial charge on any atom is 0.161 e. The predicted octanol–water partition coefficient (Wildman–Crippen LogP) is 3.71. The average molecular weight is 347 g/mol. The number of benzene rings is 2. The van der Waals surface area contributed by atoms with E-state index >= 15 is 0 Å². The molecule has 0 radical (unpaired) electrons. The van der Waals surface area contributed by atoms with Crippen molar-refractivity contribution in [2.75, 3.05) is 26.3 Å². The minimum Gasteiger partial charge on any atom is -0.490 e. The van der Waals surface area contributed by atoms with E-state index in [4.69, 9.17) is 9.47 Å². The Bertz CT molecular complexity index is 619. The number of hydrogen-bond acceptors (Lipinski definition) is 4. The molecule has 0 amide bonds. The van der Waals surface area contributed by atoms with E-state index in [1.807, 2.05) is 31.2 Å². The van der Waals surface area contributed by atoms with Crippen LogP contribution in [0.15, 0.2) is 48.5 Å². The Morgan fingerprint density at radius 3 is 2.36 bits per heavy atom. The molecule has 1 unspecified atom stereocenters. The van der Waals surface area contributed by atoms with Crippen LogP contribution >= 0.6 is 0 Å². The van der Waals surface area contributed by atoms with Gasteiger partial charge in [-0.2, -0.15) is 0 Å². The van der Waals surface area contributed by atoms with Gasteiger partial charge in [0.2, 0.25) is 0 Å². The molecule has 2 aromatic carbocycles. The van der Waals surface area contributed by atoms with Gasteiger partial charge in [-0.05, 0) is 56.1 Å². The molecule has 2 aromatic rings. The molecule has 0 aliphatic heterocycles. The third kappa shape index (κ3) is 6.72. The van der Waals surface area contributed by atoms with Crippen molar-refractivity contribution >= 4 is 0 Å². The summed E-state index contributed by atoms with van der Waals surface area (Å²) in [6.07, 6.45) is 0.900. The quantitative estimate of drug-likeness (QED) is 0.609. The van der Waals surface area contributed by atoms with Gasteiger partial charge in [0, 0.05) is 6.54 Å². The van der Waals surface area contributed by atoms with Crippen molar-refractivity contribution in [2.24, 2.45) is 0 Å². The highest BCUT2D eigenvalue weighted by Gasteiger charge is 2.07. The summed E-state index contributed by atoms with van der Waals surface area (Å²) in [6.45, 7) is 4.60. The third-order valence-corrected chi connectivity index (χ3v) is 3.77. The SMILES string of the molecule is CCOc1ccccc1OCCNCCCC(O)c1ccc(F)cc1. The van der Waals surface area contributed by atoms with Crippen LogP contribution in [0.25, 0.3) is 0 Å². The molecule has 0 saturated heterocycles. The summed E-state index contributed by atoms with van der Waals surface area (Å²) in [6, 6.07) is 13.6. The molecule has 2 N–H and O–H groups in total. The van der Waals surface area contributed by atoms with E-state index in [0.29, 0.717) is 26.2 Å². The number of halogens is 1. The number of aliphatic hydroxyl groups excluding tert-OH is 1. The monoisotopic (exact) mass is 347 g/mol. The first kappa shape index (κ1) is 19.2. The minimum atomic E-state index is -0.559. The Hall–Kier alpha value is -2.11. The summed E-state index contributed by atoms with van der Waals surface area (Å²) in [5.41, 5.74) is 0.747. The Labute approximate surface area is 148 Å². The van der Waals surface area contributed by atoms with Crippen LogP contribution in [-0.4, -0.2) is 31.4 Å². The van der Waals surface area contributed by atoms with Crippen LogP contribution in [0.5, 0.6) is 11.5 Å². The van der Waals surface area contributed by atoms with Gasteiger partial charge >= 0.3 is 0 Å². The predicted molar refractivity (Wildman–Crippen MR) is 96.6 cm³/mol. The van der Waals surface area contributed by atoms with Gasteiger partial charge in [0.15, 0.2) is 11.5 Å². The topological polar surface area (TPSA) is 50.7 Å². The van der Waals surface area contributed by atoms with Gasteiger partial charge < -0.3 is 19.9 Å². The van der Waals surface area contributed by atoms with Crippen LogP contribution in [0.4, 0.5) is 4.39 Å². The fraction of sp³-hybridized carbons (Fsp3) is 0.400. The van der Waals surface area contributed by atoms with Gasteiger partial charge in [0.05, 0.1) is 12.7 Å². The number of nitrogens with one attached hydrogen (secondary N) is 1. The highest BCUT2D eigenvalue weighted by molar-refractivity contribution is 5.39. The summed E-state index contributed by atoms with van der Waals surface area (Å²) in [7, 11) is 0. The molecule has 0 aromatic heterocycles. The normalized spacial score (nSPS) is 12.0. The Morgan fingerprint density at radius 1 is 1.00 bits per heavy atom. The van der Waals surface area contributed by atoms with Crippen molar-refractivity contribution in [3.8, 4) is 11.5 Å². The van der Waals surface area contributed by atoms with Crippen LogP contribution in [0, 0.1) is 5.82 Å². The van der Waals surface area contributed by atoms with Crippen LogP contribution in [0.2, 0.25) is 0 Å². The second-order valence-corrected chi connectivity index (χ2v) is 5.69. The van der Waals surface area contributed by atoms with E-state index in [0.717, 1.165) is 30.0 Å². The fourth-order valence-corrected chi connectivity index (χ4v) is 2.47. The number of para-hydroxylation sites is 2. The maximum atomic E-state index is 12.9. The summed E-state index contributed by atoms with van der Waals surface area (Å²) in [5.74, 6) is 1.22. The number of ether oxygens (including phenoxy) is 2. The van der Waals surface area contributed by atoms with Crippen LogP contribution in [0.1, 0.15) is 31.4 Å². The molecule has 25 heavy (non-hydrogen) atoms. The molecule has 4 nitrogen and oxygen atoms in total. The summed E-state index contributed by atoms with van der Waals surface area (Å²) >= 11 is 0. The van der Waals surface area contributed by atoms with Gasteiger partial charge in [-0.25, -0.2) is 4.39 Å². The van der Waals surface area contributed by atoms with Crippen molar-refractivity contribution in [1.82, 2.24) is 5.32 Å². The second kappa shape index (κ2) is 10.7. The van der Waals surface area contributed by atoms with E-state index in [1.165, 1.54) is 12.1 Å². The van der Waals surface area contributed by atoms with E-state index in [1.54, 1.807) is 12.1 Å². The molecule has 0 saturated carbocycles. The van der Waals surface area contributed by atoms with Gasteiger partial charge in [-0.1, -0.05) is 24.3 Å². The summed E-state index contributed by atoms with van der Waals surface area (Å²) < 4.78 is 24.1. The maximum absolute atomic E-state index is 12.9. The standard InChI is InChI=1S/C20H26FNO3/c1-2-24-19-7-3-4-8-20(19)25-15-14-22-13-5-6-18(23)16-9-11-17(21)12-10-16/h3-4,7-12,18,22-23H,2,5-6,13-15H2,1H3. The van der Waals surface area contributed by atoms with Gasteiger partial charge in [-0.3, -0.25) is 0 Å². The van der Waals surface area contributed by atoms with Crippen molar-refractivity contribution in [3.05, 3.63) is 59.9 Å². The van der Waals surface area contributed by atoms with Gasteiger partial charge in [0.1, 0.15) is 12.4 Å². The van der Waals surface area contributed by atoms with Crippen molar-refractivity contribution < 1.29 is 19.0 Å². The van der Waals surface area contributed by atoms with E-state index in [9.17, 15) is 9.50 Å². The number of aliphatic hydroxyl groups is 1. The largest absolute Gasteiger partial charge is 0.490 e. The Kier molecular flexibility index (Phi) is 8.22. The highest BCUT2D eigenvalue weighted by Crippen LogP contribution is 2.26. The lowest BCUT2D eigenvalue weighted by atomic mass is 10.1. The summed E-state index contributed by atoms with van der Waals surface area (Å²) in [4.78, 5) is 0. The minimum absolute atomic E-state index is 0.288. The van der Waals surface area contributed by atoms with Gasteiger partial charge in [0.25, 0.3) is 0 Å².